The number of sulfone groups is 1. The molecule has 0 saturated carbocycles. The number of halogens is 1. The van der Waals surface area contributed by atoms with Gasteiger partial charge in [0.2, 0.25) is 5.91 Å². The molecule has 0 radical (unpaired) electrons. The number of carbonyl (C=O) groups excluding carboxylic acids is 2. The zero-order chi connectivity index (χ0) is 26.7. The molecule has 0 aromatic heterocycles. The second-order valence-corrected chi connectivity index (χ2v) is 11.7. The van der Waals surface area contributed by atoms with Gasteiger partial charge in [-0.2, -0.15) is 0 Å². The molecule has 1 aliphatic heterocycles. The summed E-state index contributed by atoms with van der Waals surface area (Å²) in [5.74, 6) is -1.28. The molecule has 1 atom stereocenters. The van der Waals surface area contributed by atoms with Gasteiger partial charge in [0, 0.05) is 30.6 Å². The number of nitrogens with one attached hydrogen (secondary N) is 1. The van der Waals surface area contributed by atoms with Crippen molar-refractivity contribution in [2.24, 2.45) is 0 Å². The summed E-state index contributed by atoms with van der Waals surface area (Å²) in [6.07, 6.45) is 2.45. The molecule has 194 valence electrons. The van der Waals surface area contributed by atoms with E-state index in [0.717, 1.165) is 53.6 Å². The van der Waals surface area contributed by atoms with Gasteiger partial charge < -0.3 is 10.2 Å². The van der Waals surface area contributed by atoms with Crippen LogP contribution in [0, 0.1) is 12.7 Å². The smallest absolute Gasteiger partial charge is 0.253 e. The number of anilines is 1. The van der Waals surface area contributed by atoms with E-state index < -0.39 is 20.5 Å². The van der Waals surface area contributed by atoms with Gasteiger partial charge in [-0.15, -0.1) is 0 Å². The van der Waals surface area contributed by atoms with Gasteiger partial charge in [0.1, 0.15) is 10.7 Å². The Morgan fingerprint density at radius 2 is 1.59 bits per heavy atom. The van der Waals surface area contributed by atoms with Gasteiger partial charge >= 0.3 is 0 Å². The second-order valence-electron chi connectivity index (χ2n) is 9.73. The maximum Gasteiger partial charge on any atom is 0.253 e. The predicted octanol–water partition coefficient (Wildman–Crippen LogP) is 5.30. The van der Waals surface area contributed by atoms with E-state index in [0.29, 0.717) is 13.1 Å². The van der Waals surface area contributed by atoms with Gasteiger partial charge in [-0.25, -0.2) is 12.8 Å². The van der Waals surface area contributed by atoms with Gasteiger partial charge in [0.05, 0.1) is 5.92 Å². The number of hydrogen-bond donors (Lipinski definition) is 1. The Morgan fingerprint density at radius 3 is 2.16 bits per heavy atom. The van der Waals surface area contributed by atoms with Crippen LogP contribution in [0.15, 0.2) is 71.6 Å². The lowest BCUT2D eigenvalue weighted by atomic mass is 9.89. The van der Waals surface area contributed by atoms with Crippen LogP contribution in [-0.2, 0) is 14.6 Å². The number of nitrogens with zero attached hydrogens (tertiary/aromatic N) is 1. The van der Waals surface area contributed by atoms with Crippen molar-refractivity contribution in [2.45, 2.75) is 43.4 Å². The van der Waals surface area contributed by atoms with E-state index >= 15 is 0 Å². The molecule has 1 saturated heterocycles. The molecule has 1 unspecified atom stereocenters. The fourth-order valence-corrected chi connectivity index (χ4v) is 5.36. The molecule has 1 heterocycles. The normalized spacial score (nSPS) is 15.3. The van der Waals surface area contributed by atoms with Crippen molar-refractivity contribution < 1.29 is 22.4 Å². The van der Waals surface area contributed by atoms with E-state index in [2.05, 4.69) is 5.32 Å². The third-order valence-electron chi connectivity index (χ3n) is 6.98. The average Bonchev–Trinajstić information content (AvgIpc) is 2.88. The number of piperidine rings is 1. The van der Waals surface area contributed by atoms with Crippen molar-refractivity contribution in [3.05, 3.63) is 94.8 Å². The molecular formula is C29H31FN2O4S. The van der Waals surface area contributed by atoms with Crippen molar-refractivity contribution in [1.29, 1.82) is 0 Å². The van der Waals surface area contributed by atoms with Crippen LogP contribution in [0.4, 0.5) is 10.1 Å². The van der Waals surface area contributed by atoms with Gasteiger partial charge in [0.25, 0.3) is 5.91 Å². The molecule has 3 aromatic rings. The van der Waals surface area contributed by atoms with Crippen molar-refractivity contribution in [3.8, 4) is 0 Å². The number of amides is 2. The predicted molar refractivity (Wildman–Crippen MR) is 142 cm³/mol. The molecule has 1 aliphatic rings. The van der Waals surface area contributed by atoms with E-state index in [1.165, 1.54) is 6.07 Å². The Balaban J connectivity index is 1.33. The first-order chi connectivity index (χ1) is 17.5. The number of benzene rings is 3. The van der Waals surface area contributed by atoms with Crippen LogP contribution < -0.4 is 5.32 Å². The maximum absolute atomic E-state index is 14.2. The summed E-state index contributed by atoms with van der Waals surface area (Å²) < 4.78 is 37.5. The second kappa shape index (κ2) is 10.8. The Labute approximate surface area is 217 Å². The molecule has 0 bridgehead atoms. The van der Waals surface area contributed by atoms with Crippen LogP contribution >= 0.6 is 0 Å². The zero-order valence-electron chi connectivity index (χ0n) is 21.2. The molecular weight excluding hydrogens is 491 g/mol. The lowest BCUT2D eigenvalue weighted by Crippen LogP contribution is -2.38. The van der Waals surface area contributed by atoms with Crippen molar-refractivity contribution in [3.63, 3.8) is 0 Å². The van der Waals surface area contributed by atoms with Crippen LogP contribution in [0.5, 0.6) is 0 Å². The first-order valence-corrected chi connectivity index (χ1v) is 14.2. The third kappa shape index (κ3) is 6.25. The molecule has 3 aromatic carbocycles. The molecule has 4 rings (SSSR count). The van der Waals surface area contributed by atoms with Crippen LogP contribution in [0.1, 0.15) is 58.6 Å². The highest BCUT2D eigenvalue weighted by atomic mass is 32.2. The molecule has 0 aliphatic carbocycles. The highest BCUT2D eigenvalue weighted by Crippen LogP contribution is 2.30. The lowest BCUT2D eigenvalue weighted by Gasteiger charge is -2.32. The molecule has 2 amide bonds. The van der Waals surface area contributed by atoms with Gasteiger partial charge in [-0.3, -0.25) is 9.59 Å². The van der Waals surface area contributed by atoms with Crippen molar-refractivity contribution in [2.75, 3.05) is 24.7 Å². The van der Waals surface area contributed by atoms with Crippen LogP contribution in [0.2, 0.25) is 0 Å². The van der Waals surface area contributed by atoms with E-state index in [4.69, 9.17) is 0 Å². The number of carbonyl (C=O) groups is 2. The minimum absolute atomic E-state index is 0.0653. The maximum atomic E-state index is 14.2. The third-order valence-corrected chi connectivity index (χ3v) is 8.11. The van der Waals surface area contributed by atoms with Gasteiger partial charge in [-0.05, 0) is 74.1 Å². The Bertz CT molecular complexity index is 1390. The van der Waals surface area contributed by atoms with Crippen LogP contribution in [-0.4, -0.2) is 44.5 Å². The van der Waals surface area contributed by atoms with Gasteiger partial charge in [0.15, 0.2) is 9.84 Å². The Morgan fingerprint density at radius 1 is 0.973 bits per heavy atom. The Hall–Kier alpha value is -3.52. The quantitative estimate of drug-likeness (QED) is 0.476. The lowest BCUT2D eigenvalue weighted by molar-refractivity contribution is -0.117. The number of aryl methyl sites for hydroxylation is 1. The molecule has 37 heavy (non-hydrogen) atoms. The molecule has 8 heteroatoms. The summed E-state index contributed by atoms with van der Waals surface area (Å²) in [7, 11) is -3.69. The van der Waals surface area contributed by atoms with Crippen molar-refractivity contribution >= 4 is 27.3 Å². The fourth-order valence-electron chi connectivity index (χ4n) is 4.63. The number of hydrogen-bond acceptors (Lipinski definition) is 4. The van der Waals surface area contributed by atoms with Gasteiger partial charge in [-0.1, -0.05) is 42.0 Å². The van der Waals surface area contributed by atoms with Crippen LogP contribution in [0.25, 0.3) is 0 Å². The first kappa shape index (κ1) is 26.5. The molecule has 1 fully saturated rings. The largest absolute Gasteiger partial charge is 0.339 e. The first-order valence-electron chi connectivity index (χ1n) is 12.3. The topological polar surface area (TPSA) is 83.6 Å². The Kier molecular flexibility index (Phi) is 7.78. The minimum atomic E-state index is -3.69. The molecule has 1 N–H and O–H groups in total. The summed E-state index contributed by atoms with van der Waals surface area (Å²) >= 11 is 0. The highest BCUT2D eigenvalue weighted by Gasteiger charge is 2.26. The average molecular weight is 523 g/mol. The minimum Gasteiger partial charge on any atom is -0.339 e. The zero-order valence-corrected chi connectivity index (χ0v) is 22.0. The highest BCUT2D eigenvalue weighted by molar-refractivity contribution is 7.90. The van der Waals surface area contributed by atoms with E-state index in [1.54, 1.807) is 4.90 Å². The molecule has 0 spiro atoms. The van der Waals surface area contributed by atoms with Crippen molar-refractivity contribution in [1.82, 2.24) is 4.90 Å². The summed E-state index contributed by atoms with van der Waals surface area (Å²) in [5.41, 5.74) is 4.14. The number of likely N-dealkylation sites (tertiary alicyclic amines) is 1. The summed E-state index contributed by atoms with van der Waals surface area (Å²) in [6, 6.07) is 19.3. The van der Waals surface area contributed by atoms with E-state index in [-0.39, 0.29) is 29.2 Å². The van der Waals surface area contributed by atoms with E-state index in [9.17, 15) is 22.4 Å². The summed E-state index contributed by atoms with van der Waals surface area (Å²) in [4.78, 5) is 26.8. The summed E-state index contributed by atoms with van der Waals surface area (Å²) in [6.45, 7) is 4.94. The molecule has 6 nitrogen and oxygen atoms in total. The van der Waals surface area contributed by atoms with Crippen LogP contribution in [0.3, 0.4) is 0 Å². The monoisotopic (exact) mass is 522 g/mol. The number of rotatable bonds is 6. The van der Waals surface area contributed by atoms with E-state index in [1.807, 2.05) is 62.4 Å². The summed E-state index contributed by atoms with van der Waals surface area (Å²) in [5, 5.41) is 2.98. The fraction of sp³-hybridized carbons (Fsp3) is 0.310. The SMILES string of the molecule is Cc1ccc(C(C)C(=O)Nc2ccc(C3CCN(C(=O)c4ccc(S(C)(=O)=O)c(F)c4)CC3)cc2)cc1. The standard InChI is InChI=1S/C29H31FN2O4S/c1-19-4-6-21(7-5-19)20(2)28(33)31-25-11-8-22(9-12-25)23-14-16-32(17-15-23)29(34)24-10-13-27(26(30)18-24)37(3,35)36/h4-13,18,20,23H,14-17H2,1-3H3,(H,31,33).